The molecule has 6 rings (SSSR count). The van der Waals surface area contributed by atoms with Crippen LogP contribution in [-0.4, -0.2) is 92.7 Å². The quantitative estimate of drug-likeness (QED) is 0.454. The van der Waals surface area contributed by atoms with E-state index in [9.17, 15) is 14.4 Å². The molecular formula is C33H42FN7O2. The van der Waals surface area contributed by atoms with Gasteiger partial charge >= 0.3 is 0 Å². The van der Waals surface area contributed by atoms with Crippen LogP contribution >= 0.6 is 0 Å². The van der Waals surface area contributed by atoms with E-state index in [1.54, 1.807) is 17.0 Å². The molecule has 4 aliphatic rings. The molecule has 228 valence electrons. The molecule has 0 saturated carbocycles. The van der Waals surface area contributed by atoms with Crippen molar-refractivity contribution in [1.29, 1.82) is 5.26 Å². The maximum absolute atomic E-state index is 14.8. The van der Waals surface area contributed by atoms with Crippen molar-refractivity contribution in [3.05, 3.63) is 53.5 Å². The number of benzene rings is 1. The van der Waals surface area contributed by atoms with Crippen molar-refractivity contribution in [1.82, 2.24) is 14.8 Å². The van der Waals surface area contributed by atoms with E-state index in [0.717, 1.165) is 73.6 Å². The van der Waals surface area contributed by atoms with Gasteiger partial charge in [0, 0.05) is 63.1 Å². The van der Waals surface area contributed by atoms with Crippen LogP contribution in [0.3, 0.4) is 0 Å². The summed E-state index contributed by atoms with van der Waals surface area (Å²) in [6.45, 7) is 9.29. The number of pyridine rings is 1. The predicted molar refractivity (Wildman–Crippen MR) is 166 cm³/mol. The number of aromatic nitrogens is 1. The number of halogens is 1. The number of hydrogen-bond donors (Lipinski definition) is 0. The van der Waals surface area contributed by atoms with Gasteiger partial charge in [0.15, 0.2) is 0 Å². The first-order valence-electron chi connectivity index (χ1n) is 15.6. The molecule has 10 heteroatoms. The minimum atomic E-state index is -0.223. The summed E-state index contributed by atoms with van der Waals surface area (Å²) in [7, 11) is 4.23. The third-order valence-corrected chi connectivity index (χ3v) is 9.63. The molecule has 2 aromatic rings. The zero-order valence-electron chi connectivity index (χ0n) is 25.4. The lowest BCUT2D eigenvalue weighted by atomic mass is 9.97. The second kappa shape index (κ2) is 12.4. The summed E-state index contributed by atoms with van der Waals surface area (Å²) in [5.41, 5.74) is 6.28. The summed E-state index contributed by atoms with van der Waals surface area (Å²) < 4.78 is 21.2. The SMILES string of the molecule is C=CC(=O)N1CCN(c2cc(OC[C@@H]3CCCN3C)nc3c2CCN(c2cc(F)cc4c2N(C)CCC4)C3)C[C@@H]1CC#N. The van der Waals surface area contributed by atoms with E-state index >= 15 is 0 Å². The Hall–Kier alpha value is -3.84. The summed E-state index contributed by atoms with van der Waals surface area (Å²) in [4.78, 5) is 28.5. The Morgan fingerprint density at radius 1 is 1.09 bits per heavy atom. The molecule has 5 heterocycles. The van der Waals surface area contributed by atoms with Crippen LogP contribution < -0.4 is 19.4 Å². The molecule has 1 amide bonds. The van der Waals surface area contributed by atoms with E-state index in [1.165, 1.54) is 18.1 Å². The van der Waals surface area contributed by atoms with E-state index in [2.05, 4.69) is 52.4 Å². The van der Waals surface area contributed by atoms with Crippen LogP contribution in [0.25, 0.3) is 0 Å². The Kier molecular flexibility index (Phi) is 8.44. The van der Waals surface area contributed by atoms with Crippen LogP contribution in [0.2, 0.25) is 0 Å². The molecule has 1 aromatic heterocycles. The number of aryl methyl sites for hydroxylation is 1. The third-order valence-electron chi connectivity index (χ3n) is 9.63. The summed E-state index contributed by atoms with van der Waals surface area (Å²) in [5.74, 6) is 0.257. The van der Waals surface area contributed by atoms with E-state index in [4.69, 9.17) is 9.72 Å². The lowest BCUT2D eigenvalue weighted by Gasteiger charge is -2.43. The Balaban J connectivity index is 1.33. The molecule has 2 fully saturated rings. The highest BCUT2D eigenvalue weighted by molar-refractivity contribution is 5.87. The second-order valence-corrected chi connectivity index (χ2v) is 12.3. The molecule has 43 heavy (non-hydrogen) atoms. The zero-order chi connectivity index (χ0) is 30.1. The number of piperazine rings is 1. The van der Waals surface area contributed by atoms with Crippen LogP contribution in [0.1, 0.15) is 42.5 Å². The maximum atomic E-state index is 14.8. The number of likely N-dealkylation sites (tertiary alicyclic amines) is 1. The molecular weight excluding hydrogens is 545 g/mol. The van der Waals surface area contributed by atoms with Crippen molar-refractivity contribution in [2.45, 2.75) is 57.2 Å². The number of nitriles is 1. The monoisotopic (exact) mass is 587 g/mol. The van der Waals surface area contributed by atoms with E-state index < -0.39 is 0 Å². The average molecular weight is 588 g/mol. The van der Waals surface area contributed by atoms with Crippen molar-refractivity contribution >= 4 is 23.0 Å². The Bertz CT molecular complexity index is 1420. The lowest BCUT2D eigenvalue weighted by Crippen LogP contribution is -2.55. The fourth-order valence-electron chi connectivity index (χ4n) is 7.32. The van der Waals surface area contributed by atoms with Gasteiger partial charge in [0.05, 0.1) is 42.1 Å². The van der Waals surface area contributed by atoms with Crippen LogP contribution in [0.4, 0.5) is 21.5 Å². The van der Waals surface area contributed by atoms with Gasteiger partial charge in [-0.1, -0.05) is 6.58 Å². The highest BCUT2D eigenvalue weighted by atomic mass is 19.1. The average Bonchev–Trinajstić information content (AvgIpc) is 3.43. The van der Waals surface area contributed by atoms with Gasteiger partial charge < -0.3 is 29.2 Å². The number of fused-ring (bicyclic) bond motifs is 2. The molecule has 0 unspecified atom stereocenters. The fraction of sp³-hybridized carbons (Fsp3) is 0.545. The summed E-state index contributed by atoms with van der Waals surface area (Å²) in [6, 6.07) is 7.81. The third kappa shape index (κ3) is 5.87. The van der Waals surface area contributed by atoms with Gasteiger partial charge in [-0.3, -0.25) is 4.79 Å². The van der Waals surface area contributed by atoms with Crippen molar-refractivity contribution in [3.8, 4) is 11.9 Å². The van der Waals surface area contributed by atoms with Gasteiger partial charge in [-0.2, -0.15) is 5.26 Å². The van der Waals surface area contributed by atoms with Crippen LogP contribution in [0.5, 0.6) is 5.88 Å². The number of anilines is 3. The van der Waals surface area contributed by atoms with Crippen molar-refractivity contribution in [2.75, 3.05) is 74.7 Å². The summed E-state index contributed by atoms with van der Waals surface area (Å²) in [5, 5.41) is 9.54. The minimum Gasteiger partial charge on any atom is -0.476 e. The number of likely N-dealkylation sites (N-methyl/N-ethyl adjacent to an activating group) is 1. The van der Waals surface area contributed by atoms with Crippen molar-refractivity contribution < 1.29 is 13.9 Å². The number of amides is 1. The van der Waals surface area contributed by atoms with Crippen LogP contribution in [0.15, 0.2) is 30.9 Å². The standard InChI is InChI=1S/C33H42FN7O2/c1-4-32(42)41-16-15-40(20-25(41)9-11-35)29-19-31(43-22-26-8-6-12-37(26)2)36-28-21-39(14-10-27(28)29)30-18-24(34)17-23-7-5-13-38(3)33(23)30/h4,17-19,25-26H,1,5-10,12-16,20-22H2,2-3H3/t25-,26-/m0/s1. The molecule has 0 aliphatic carbocycles. The van der Waals surface area contributed by atoms with Gasteiger partial charge in [0.2, 0.25) is 11.8 Å². The molecule has 0 radical (unpaired) electrons. The normalized spacial score (nSPS) is 22.2. The second-order valence-electron chi connectivity index (χ2n) is 12.3. The number of carbonyl (C=O) groups excluding carboxylic acids is 1. The van der Waals surface area contributed by atoms with Crippen molar-refractivity contribution in [3.63, 3.8) is 0 Å². The van der Waals surface area contributed by atoms with Gasteiger partial charge in [0.1, 0.15) is 12.4 Å². The molecule has 9 nitrogen and oxygen atoms in total. The number of nitrogens with zero attached hydrogens (tertiary/aromatic N) is 7. The first-order valence-corrected chi connectivity index (χ1v) is 15.6. The molecule has 0 spiro atoms. The largest absolute Gasteiger partial charge is 0.476 e. The number of carbonyl (C=O) groups is 1. The van der Waals surface area contributed by atoms with E-state index in [1.807, 2.05) is 0 Å². The first-order chi connectivity index (χ1) is 20.9. The van der Waals surface area contributed by atoms with Crippen LogP contribution in [0, 0.1) is 17.1 Å². The smallest absolute Gasteiger partial charge is 0.246 e. The maximum Gasteiger partial charge on any atom is 0.246 e. The number of ether oxygens (including phenoxy) is 1. The lowest BCUT2D eigenvalue weighted by molar-refractivity contribution is -0.128. The molecule has 2 atom stereocenters. The van der Waals surface area contributed by atoms with Gasteiger partial charge in [-0.15, -0.1) is 0 Å². The summed E-state index contributed by atoms with van der Waals surface area (Å²) in [6.07, 6.45) is 6.53. The Morgan fingerprint density at radius 3 is 2.72 bits per heavy atom. The predicted octanol–water partition coefficient (Wildman–Crippen LogP) is 3.76. The topological polar surface area (TPSA) is 79.2 Å². The molecule has 0 bridgehead atoms. The Morgan fingerprint density at radius 2 is 1.95 bits per heavy atom. The molecule has 1 aromatic carbocycles. The fourth-order valence-corrected chi connectivity index (χ4v) is 7.32. The summed E-state index contributed by atoms with van der Waals surface area (Å²) >= 11 is 0. The Labute approximate surface area is 254 Å². The highest BCUT2D eigenvalue weighted by Gasteiger charge is 2.33. The van der Waals surface area contributed by atoms with Crippen LogP contribution in [-0.2, 0) is 24.2 Å². The van der Waals surface area contributed by atoms with E-state index in [-0.39, 0.29) is 24.2 Å². The molecule has 0 N–H and O–H groups in total. The number of rotatable bonds is 7. The zero-order valence-corrected chi connectivity index (χ0v) is 25.4. The highest BCUT2D eigenvalue weighted by Crippen LogP contribution is 2.41. The minimum absolute atomic E-state index is 0.139. The molecule has 4 aliphatic heterocycles. The van der Waals surface area contributed by atoms with E-state index in [0.29, 0.717) is 44.7 Å². The molecule has 2 saturated heterocycles. The van der Waals surface area contributed by atoms with Gasteiger partial charge in [-0.25, -0.2) is 9.37 Å². The van der Waals surface area contributed by atoms with Gasteiger partial charge in [0.25, 0.3) is 0 Å². The van der Waals surface area contributed by atoms with Crippen molar-refractivity contribution in [2.24, 2.45) is 0 Å². The first kappa shape index (κ1) is 29.2. The number of hydrogen-bond acceptors (Lipinski definition) is 8. The van der Waals surface area contributed by atoms with Gasteiger partial charge in [-0.05, 0) is 69.5 Å².